The summed E-state index contributed by atoms with van der Waals surface area (Å²) >= 11 is 3.35. The van der Waals surface area contributed by atoms with Crippen LogP contribution in [0.5, 0.6) is 5.88 Å². The SMILES string of the molecule is COc1cc(NCc2ccc(Br)cn2)nn1C. The first-order chi connectivity index (χ1) is 8.19. The summed E-state index contributed by atoms with van der Waals surface area (Å²) in [5.74, 6) is 1.49. The van der Waals surface area contributed by atoms with E-state index in [1.807, 2.05) is 25.2 Å². The van der Waals surface area contributed by atoms with Crippen LogP contribution in [0.25, 0.3) is 0 Å². The maximum Gasteiger partial charge on any atom is 0.213 e. The van der Waals surface area contributed by atoms with Crippen molar-refractivity contribution in [3.63, 3.8) is 0 Å². The number of anilines is 1. The van der Waals surface area contributed by atoms with Gasteiger partial charge in [0.15, 0.2) is 5.82 Å². The molecule has 0 aliphatic rings. The summed E-state index contributed by atoms with van der Waals surface area (Å²) in [7, 11) is 3.46. The Morgan fingerprint density at radius 3 is 2.88 bits per heavy atom. The minimum Gasteiger partial charge on any atom is -0.481 e. The fraction of sp³-hybridized carbons (Fsp3) is 0.273. The molecule has 5 nitrogen and oxygen atoms in total. The summed E-state index contributed by atoms with van der Waals surface area (Å²) in [6.07, 6.45) is 1.77. The van der Waals surface area contributed by atoms with Crippen molar-refractivity contribution in [3.8, 4) is 5.88 Å². The smallest absolute Gasteiger partial charge is 0.213 e. The number of hydrogen-bond donors (Lipinski definition) is 1. The van der Waals surface area contributed by atoms with E-state index in [0.717, 1.165) is 21.9 Å². The highest BCUT2D eigenvalue weighted by molar-refractivity contribution is 9.10. The van der Waals surface area contributed by atoms with Crippen molar-refractivity contribution in [2.24, 2.45) is 7.05 Å². The van der Waals surface area contributed by atoms with Gasteiger partial charge < -0.3 is 10.1 Å². The Hall–Kier alpha value is -1.56. The summed E-state index contributed by atoms with van der Waals surface area (Å²) in [6, 6.07) is 5.76. The van der Waals surface area contributed by atoms with Crippen LogP contribution in [-0.4, -0.2) is 21.9 Å². The quantitative estimate of drug-likeness (QED) is 0.940. The first-order valence-corrected chi connectivity index (χ1v) is 5.90. The highest BCUT2D eigenvalue weighted by Gasteiger charge is 2.04. The van der Waals surface area contributed by atoms with E-state index in [0.29, 0.717) is 6.54 Å². The van der Waals surface area contributed by atoms with Gasteiger partial charge in [-0.05, 0) is 28.1 Å². The zero-order chi connectivity index (χ0) is 12.3. The van der Waals surface area contributed by atoms with E-state index >= 15 is 0 Å². The minimum absolute atomic E-state index is 0.632. The second kappa shape index (κ2) is 5.18. The number of nitrogens with one attached hydrogen (secondary N) is 1. The number of ether oxygens (including phenoxy) is 1. The topological polar surface area (TPSA) is 52.0 Å². The van der Waals surface area contributed by atoms with Gasteiger partial charge in [0, 0.05) is 23.8 Å². The molecule has 0 radical (unpaired) electrons. The zero-order valence-electron chi connectivity index (χ0n) is 9.64. The van der Waals surface area contributed by atoms with Gasteiger partial charge in [-0.3, -0.25) is 4.98 Å². The number of pyridine rings is 1. The maximum absolute atomic E-state index is 5.13. The van der Waals surface area contributed by atoms with Gasteiger partial charge in [-0.1, -0.05) is 0 Å². The average Bonchev–Trinajstić information content (AvgIpc) is 2.69. The molecular formula is C11H13BrN4O. The van der Waals surface area contributed by atoms with E-state index in [2.05, 4.69) is 31.3 Å². The van der Waals surface area contributed by atoms with Crippen LogP contribution >= 0.6 is 15.9 Å². The van der Waals surface area contributed by atoms with Gasteiger partial charge in [0.25, 0.3) is 0 Å². The molecule has 0 unspecified atom stereocenters. The molecule has 0 aromatic carbocycles. The highest BCUT2D eigenvalue weighted by Crippen LogP contribution is 2.16. The predicted molar refractivity (Wildman–Crippen MR) is 69.0 cm³/mol. The van der Waals surface area contributed by atoms with Gasteiger partial charge in [-0.2, -0.15) is 5.10 Å². The van der Waals surface area contributed by atoms with Gasteiger partial charge >= 0.3 is 0 Å². The number of aromatic nitrogens is 3. The average molecular weight is 297 g/mol. The lowest BCUT2D eigenvalue weighted by molar-refractivity contribution is 0.373. The van der Waals surface area contributed by atoms with Crippen molar-refractivity contribution in [3.05, 3.63) is 34.6 Å². The fourth-order valence-corrected chi connectivity index (χ4v) is 1.65. The first-order valence-electron chi connectivity index (χ1n) is 5.11. The Kier molecular flexibility index (Phi) is 3.63. The number of aryl methyl sites for hydroxylation is 1. The number of halogens is 1. The van der Waals surface area contributed by atoms with Gasteiger partial charge in [0.1, 0.15) is 0 Å². The largest absolute Gasteiger partial charge is 0.481 e. The monoisotopic (exact) mass is 296 g/mol. The van der Waals surface area contributed by atoms with Crippen molar-refractivity contribution in [2.75, 3.05) is 12.4 Å². The van der Waals surface area contributed by atoms with Crippen LogP contribution < -0.4 is 10.1 Å². The van der Waals surface area contributed by atoms with Crippen LogP contribution in [-0.2, 0) is 13.6 Å². The van der Waals surface area contributed by atoms with E-state index in [-0.39, 0.29) is 0 Å². The molecule has 17 heavy (non-hydrogen) atoms. The molecule has 0 aliphatic carbocycles. The molecule has 0 bridgehead atoms. The Morgan fingerprint density at radius 1 is 1.47 bits per heavy atom. The van der Waals surface area contributed by atoms with E-state index in [9.17, 15) is 0 Å². The summed E-state index contributed by atoms with van der Waals surface area (Å²) in [6.45, 7) is 0.632. The molecular weight excluding hydrogens is 284 g/mol. The van der Waals surface area contributed by atoms with Crippen molar-refractivity contribution >= 4 is 21.7 Å². The van der Waals surface area contributed by atoms with Crippen LogP contribution in [0.15, 0.2) is 28.9 Å². The lowest BCUT2D eigenvalue weighted by Gasteiger charge is -2.01. The van der Waals surface area contributed by atoms with Crippen LogP contribution in [0.4, 0.5) is 5.82 Å². The molecule has 90 valence electrons. The Morgan fingerprint density at radius 2 is 2.29 bits per heavy atom. The summed E-state index contributed by atoms with van der Waals surface area (Å²) < 4.78 is 7.78. The molecule has 2 rings (SSSR count). The van der Waals surface area contributed by atoms with Crippen molar-refractivity contribution in [2.45, 2.75) is 6.54 Å². The lowest BCUT2D eigenvalue weighted by atomic mass is 10.3. The van der Waals surface area contributed by atoms with Crippen molar-refractivity contribution in [1.29, 1.82) is 0 Å². The van der Waals surface area contributed by atoms with Gasteiger partial charge in [0.05, 0.1) is 19.3 Å². The molecule has 0 saturated heterocycles. The van der Waals surface area contributed by atoms with Crippen LogP contribution in [0.3, 0.4) is 0 Å². The van der Waals surface area contributed by atoms with E-state index in [4.69, 9.17) is 4.74 Å². The molecule has 2 aromatic rings. The van der Waals surface area contributed by atoms with Crippen LogP contribution in [0.2, 0.25) is 0 Å². The molecule has 0 saturated carbocycles. The molecule has 0 spiro atoms. The molecule has 2 heterocycles. The van der Waals surface area contributed by atoms with Gasteiger partial charge in [-0.15, -0.1) is 0 Å². The molecule has 2 aromatic heterocycles. The third-order valence-electron chi connectivity index (χ3n) is 2.29. The highest BCUT2D eigenvalue weighted by atomic mass is 79.9. The number of rotatable bonds is 4. The normalized spacial score (nSPS) is 10.3. The molecule has 0 fully saturated rings. The third kappa shape index (κ3) is 2.97. The van der Waals surface area contributed by atoms with E-state index < -0.39 is 0 Å². The Labute approximate surface area is 108 Å². The molecule has 1 N–H and O–H groups in total. The minimum atomic E-state index is 0.632. The van der Waals surface area contributed by atoms with Crippen molar-refractivity contribution < 1.29 is 4.74 Å². The van der Waals surface area contributed by atoms with Crippen LogP contribution in [0, 0.1) is 0 Å². The zero-order valence-corrected chi connectivity index (χ0v) is 11.2. The summed E-state index contributed by atoms with van der Waals surface area (Å²) in [4.78, 5) is 4.27. The lowest BCUT2D eigenvalue weighted by Crippen LogP contribution is -2.02. The summed E-state index contributed by atoms with van der Waals surface area (Å²) in [5, 5.41) is 7.44. The van der Waals surface area contributed by atoms with E-state index in [1.54, 1.807) is 18.0 Å². The van der Waals surface area contributed by atoms with Crippen LogP contribution in [0.1, 0.15) is 5.69 Å². The van der Waals surface area contributed by atoms with Gasteiger partial charge in [0.2, 0.25) is 5.88 Å². The number of methoxy groups -OCH3 is 1. The fourth-order valence-electron chi connectivity index (χ4n) is 1.42. The number of nitrogens with zero attached hydrogens (tertiary/aromatic N) is 3. The Balaban J connectivity index is 1.99. The standard InChI is InChI=1S/C11H13BrN4O/c1-16-11(17-2)5-10(15-16)14-7-9-4-3-8(12)6-13-9/h3-6H,7H2,1-2H3,(H,14,15). The van der Waals surface area contributed by atoms with Crippen molar-refractivity contribution in [1.82, 2.24) is 14.8 Å². The first kappa shape index (κ1) is 11.9. The number of hydrogen-bond acceptors (Lipinski definition) is 4. The third-order valence-corrected chi connectivity index (χ3v) is 2.75. The second-order valence-corrected chi connectivity index (χ2v) is 4.43. The Bertz CT molecular complexity index is 495. The van der Waals surface area contributed by atoms with E-state index in [1.165, 1.54) is 0 Å². The maximum atomic E-state index is 5.13. The molecule has 0 amide bonds. The van der Waals surface area contributed by atoms with Gasteiger partial charge in [-0.25, -0.2) is 4.68 Å². The second-order valence-electron chi connectivity index (χ2n) is 3.52. The molecule has 0 atom stereocenters. The predicted octanol–water partition coefficient (Wildman–Crippen LogP) is 2.20. The molecule has 0 aliphatic heterocycles. The summed E-state index contributed by atoms with van der Waals surface area (Å²) in [5.41, 5.74) is 0.956. The molecule has 6 heteroatoms.